The average molecular weight is 171 g/mol. The summed E-state index contributed by atoms with van der Waals surface area (Å²) in [5.41, 5.74) is 0.527. The Morgan fingerprint density at radius 1 is 1.31 bits per heavy atom. The maximum atomic E-state index is 9.72. The summed E-state index contributed by atoms with van der Waals surface area (Å²) in [4.78, 5) is 4.06. The summed E-state index contributed by atoms with van der Waals surface area (Å²) in [5.74, 6) is 0.202. The highest BCUT2D eigenvalue weighted by Crippen LogP contribution is 2.26. The Labute approximate surface area is 76.2 Å². The van der Waals surface area contributed by atoms with Gasteiger partial charge in [-0.05, 0) is 6.08 Å². The van der Waals surface area contributed by atoms with Crippen LogP contribution >= 0.6 is 0 Å². The molecule has 0 radical (unpaired) electrons. The normalized spacial score (nSPS) is 10.2. The monoisotopic (exact) mass is 171 g/mol. The first-order chi connectivity index (χ1) is 6.33. The highest BCUT2D eigenvalue weighted by atomic mass is 16.3. The number of hydrogen-bond acceptors (Lipinski definition) is 2. The van der Waals surface area contributed by atoms with E-state index in [0.29, 0.717) is 5.69 Å². The fourth-order valence-electron chi connectivity index (χ4n) is 1.31. The maximum Gasteiger partial charge on any atom is 0.149 e. The molecule has 1 aromatic carbocycles. The molecule has 1 heterocycles. The van der Waals surface area contributed by atoms with Gasteiger partial charge < -0.3 is 5.11 Å². The summed E-state index contributed by atoms with van der Waals surface area (Å²) in [6, 6.07) is 7.57. The van der Waals surface area contributed by atoms with Gasteiger partial charge in [-0.2, -0.15) is 0 Å². The van der Waals surface area contributed by atoms with Crippen molar-refractivity contribution in [2.45, 2.75) is 0 Å². The number of aromatic nitrogens is 1. The average Bonchev–Trinajstić information content (AvgIpc) is 2.19. The van der Waals surface area contributed by atoms with Gasteiger partial charge in [0, 0.05) is 17.0 Å². The Morgan fingerprint density at radius 2 is 2.08 bits per heavy atom. The van der Waals surface area contributed by atoms with Crippen LogP contribution in [0, 0.1) is 0 Å². The summed E-state index contributed by atoms with van der Waals surface area (Å²) in [6.45, 7) is 3.58. The van der Waals surface area contributed by atoms with E-state index in [9.17, 15) is 5.11 Å². The Bertz CT molecular complexity index is 463. The lowest BCUT2D eigenvalue weighted by Gasteiger charge is -2.02. The SMILES string of the molecule is C=Cc1ncc2ccccc2c1O. The van der Waals surface area contributed by atoms with E-state index in [4.69, 9.17) is 0 Å². The van der Waals surface area contributed by atoms with Crippen molar-refractivity contribution in [1.82, 2.24) is 4.98 Å². The molecule has 0 aliphatic heterocycles. The molecule has 2 heteroatoms. The fourth-order valence-corrected chi connectivity index (χ4v) is 1.31. The molecule has 0 saturated carbocycles. The van der Waals surface area contributed by atoms with Crippen LogP contribution in [0.5, 0.6) is 5.75 Å². The minimum absolute atomic E-state index is 0.202. The smallest absolute Gasteiger partial charge is 0.149 e. The molecule has 64 valence electrons. The van der Waals surface area contributed by atoms with Crippen LogP contribution in [0.25, 0.3) is 16.8 Å². The van der Waals surface area contributed by atoms with Crippen molar-refractivity contribution in [3.05, 3.63) is 42.7 Å². The van der Waals surface area contributed by atoms with E-state index in [1.165, 1.54) is 0 Å². The molecule has 0 amide bonds. The van der Waals surface area contributed by atoms with Gasteiger partial charge in [0.15, 0.2) is 0 Å². The minimum atomic E-state index is 0.202. The third-order valence-corrected chi connectivity index (χ3v) is 1.99. The van der Waals surface area contributed by atoms with Crippen LogP contribution in [0.3, 0.4) is 0 Å². The molecule has 0 fully saturated rings. The molecule has 0 bridgehead atoms. The van der Waals surface area contributed by atoms with Crippen LogP contribution in [0.4, 0.5) is 0 Å². The van der Waals surface area contributed by atoms with Crippen LogP contribution < -0.4 is 0 Å². The summed E-state index contributed by atoms with van der Waals surface area (Å²) in [7, 11) is 0. The molecule has 1 aromatic heterocycles. The predicted molar refractivity (Wildman–Crippen MR) is 53.5 cm³/mol. The lowest BCUT2D eigenvalue weighted by atomic mass is 10.1. The van der Waals surface area contributed by atoms with Crippen LogP contribution in [0.1, 0.15) is 5.69 Å². The molecule has 2 aromatic rings. The van der Waals surface area contributed by atoms with E-state index >= 15 is 0 Å². The summed E-state index contributed by atoms with van der Waals surface area (Å²) in [5, 5.41) is 11.5. The third kappa shape index (κ3) is 1.16. The largest absolute Gasteiger partial charge is 0.505 e. The van der Waals surface area contributed by atoms with Gasteiger partial charge in [-0.25, -0.2) is 0 Å². The van der Waals surface area contributed by atoms with Gasteiger partial charge in [-0.15, -0.1) is 0 Å². The standard InChI is InChI=1S/C11H9NO/c1-2-10-11(13)9-6-4-3-5-8(9)7-12-10/h2-7,13H,1H2. The molecule has 0 spiro atoms. The Hall–Kier alpha value is -1.83. The molecular formula is C11H9NO. The highest BCUT2D eigenvalue weighted by Gasteiger charge is 2.03. The predicted octanol–water partition coefficient (Wildman–Crippen LogP) is 2.58. The van der Waals surface area contributed by atoms with Gasteiger partial charge in [-0.3, -0.25) is 4.98 Å². The van der Waals surface area contributed by atoms with E-state index in [2.05, 4.69) is 11.6 Å². The van der Waals surface area contributed by atoms with Gasteiger partial charge in [0.2, 0.25) is 0 Å². The van der Waals surface area contributed by atoms with Crippen molar-refractivity contribution in [3.8, 4) is 5.75 Å². The van der Waals surface area contributed by atoms with Gasteiger partial charge in [0.1, 0.15) is 11.4 Å². The lowest BCUT2D eigenvalue weighted by Crippen LogP contribution is -1.83. The molecule has 0 aliphatic rings. The van der Waals surface area contributed by atoms with Gasteiger partial charge >= 0.3 is 0 Å². The van der Waals surface area contributed by atoms with Crippen LogP contribution in [0.15, 0.2) is 37.0 Å². The number of benzene rings is 1. The zero-order chi connectivity index (χ0) is 9.26. The first-order valence-electron chi connectivity index (χ1n) is 4.02. The number of rotatable bonds is 1. The number of pyridine rings is 1. The number of hydrogen-bond donors (Lipinski definition) is 1. The van der Waals surface area contributed by atoms with Crippen LogP contribution in [-0.4, -0.2) is 10.1 Å². The van der Waals surface area contributed by atoms with E-state index < -0.39 is 0 Å². The van der Waals surface area contributed by atoms with Crippen molar-refractivity contribution < 1.29 is 5.11 Å². The maximum absolute atomic E-state index is 9.72. The minimum Gasteiger partial charge on any atom is -0.505 e. The first kappa shape index (κ1) is 7.80. The van der Waals surface area contributed by atoms with Crippen molar-refractivity contribution in [2.75, 3.05) is 0 Å². The molecule has 0 unspecified atom stereocenters. The second-order valence-corrected chi connectivity index (χ2v) is 2.78. The topological polar surface area (TPSA) is 33.1 Å². The number of nitrogens with zero attached hydrogens (tertiary/aromatic N) is 1. The molecular weight excluding hydrogens is 162 g/mol. The van der Waals surface area contributed by atoms with Crippen molar-refractivity contribution in [2.24, 2.45) is 0 Å². The van der Waals surface area contributed by atoms with E-state index in [1.807, 2.05) is 24.3 Å². The Morgan fingerprint density at radius 3 is 2.85 bits per heavy atom. The summed E-state index contributed by atoms with van der Waals surface area (Å²) >= 11 is 0. The quantitative estimate of drug-likeness (QED) is 0.715. The summed E-state index contributed by atoms with van der Waals surface area (Å²) in [6.07, 6.45) is 3.27. The second kappa shape index (κ2) is 2.90. The van der Waals surface area contributed by atoms with Crippen molar-refractivity contribution >= 4 is 16.8 Å². The van der Waals surface area contributed by atoms with Gasteiger partial charge in [0.05, 0.1) is 0 Å². The highest BCUT2D eigenvalue weighted by molar-refractivity contribution is 5.89. The second-order valence-electron chi connectivity index (χ2n) is 2.78. The number of aromatic hydroxyl groups is 1. The molecule has 2 nitrogen and oxygen atoms in total. The van der Waals surface area contributed by atoms with Crippen LogP contribution in [0.2, 0.25) is 0 Å². The van der Waals surface area contributed by atoms with E-state index in [1.54, 1.807) is 12.3 Å². The lowest BCUT2D eigenvalue weighted by molar-refractivity contribution is 0.478. The molecule has 1 N–H and O–H groups in total. The summed E-state index contributed by atoms with van der Waals surface area (Å²) < 4.78 is 0. The van der Waals surface area contributed by atoms with Gasteiger partial charge in [0.25, 0.3) is 0 Å². The van der Waals surface area contributed by atoms with Gasteiger partial charge in [-0.1, -0.05) is 30.8 Å². The Balaban J connectivity index is 2.86. The first-order valence-corrected chi connectivity index (χ1v) is 4.02. The Kier molecular flexibility index (Phi) is 1.74. The van der Waals surface area contributed by atoms with Crippen molar-refractivity contribution in [1.29, 1.82) is 0 Å². The zero-order valence-electron chi connectivity index (χ0n) is 7.07. The molecule has 0 atom stereocenters. The fraction of sp³-hybridized carbons (Fsp3) is 0. The molecule has 2 rings (SSSR count). The van der Waals surface area contributed by atoms with E-state index in [0.717, 1.165) is 10.8 Å². The third-order valence-electron chi connectivity index (χ3n) is 1.99. The number of fused-ring (bicyclic) bond motifs is 1. The zero-order valence-corrected chi connectivity index (χ0v) is 7.07. The van der Waals surface area contributed by atoms with Crippen LogP contribution in [-0.2, 0) is 0 Å². The van der Waals surface area contributed by atoms with E-state index in [-0.39, 0.29) is 5.75 Å². The molecule has 0 aliphatic carbocycles. The molecule has 0 saturated heterocycles. The van der Waals surface area contributed by atoms with Crippen molar-refractivity contribution in [3.63, 3.8) is 0 Å². The molecule has 13 heavy (non-hydrogen) atoms.